The van der Waals surface area contributed by atoms with Crippen LogP contribution in [0.5, 0.6) is 0 Å². The summed E-state index contributed by atoms with van der Waals surface area (Å²) in [5.41, 5.74) is 0. The van der Waals surface area contributed by atoms with E-state index >= 15 is 0 Å². The van der Waals surface area contributed by atoms with Gasteiger partial charge in [0, 0.05) is 0 Å². The fraction of sp³-hybridized carbons (Fsp3) is 0. The third kappa shape index (κ3) is 66.8. The first-order valence-electron chi connectivity index (χ1n) is 0.730. The van der Waals surface area contributed by atoms with Crippen LogP contribution in [-0.2, 0) is 21.6 Å². The second-order valence-electron chi connectivity index (χ2n) is 0.447. The normalized spacial score (nSPS) is 7.38. The van der Waals surface area contributed by atoms with Crippen LogP contribution in [0.4, 0.5) is 0 Å². The van der Waals surface area contributed by atoms with E-state index in [-0.39, 0.29) is 87.3 Å². The zero-order chi connectivity index (χ0) is 4.50. The molecule has 0 bridgehead atoms. The molecule has 0 amide bonds. The minimum absolute atomic E-state index is 0. The standard InChI is InChI=1S/Fe.K.Li.H3O4P/c;;;1-5(2,3)4/h;;;(H3,1,2,3,4)/q+2;2*+1;/p-3. The van der Waals surface area contributed by atoms with Gasteiger partial charge in [-0.15, -0.1) is 0 Å². The molecule has 0 aliphatic carbocycles. The molecule has 0 saturated heterocycles. The van der Waals surface area contributed by atoms with Crippen LogP contribution < -0.4 is 84.9 Å². The van der Waals surface area contributed by atoms with E-state index in [2.05, 4.69) is 0 Å². The summed E-state index contributed by atoms with van der Waals surface area (Å²) in [7, 11) is -5.39. The van der Waals surface area contributed by atoms with Crippen molar-refractivity contribution in [3.8, 4) is 0 Å². The quantitative estimate of drug-likeness (QED) is 0.285. The molecule has 0 aromatic carbocycles. The minimum atomic E-state index is -5.39. The second-order valence-corrected chi connectivity index (χ2v) is 1.34. The summed E-state index contributed by atoms with van der Waals surface area (Å²) < 4.78 is 8.55. The first-order chi connectivity index (χ1) is 2.00. The van der Waals surface area contributed by atoms with E-state index in [4.69, 9.17) is 19.2 Å². The molecule has 0 radical (unpaired) electrons. The summed E-state index contributed by atoms with van der Waals surface area (Å²) >= 11 is 0. The Morgan fingerprint density at radius 1 is 1.12 bits per heavy atom. The third-order valence-electron chi connectivity index (χ3n) is 0. The van der Waals surface area contributed by atoms with Gasteiger partial charge < -0.3 is 19.2 Å². The van der Waals surface area contributed by atoms with Crippen molar-refractivity contribution >= 4 is 7.82 Å². The van der Waals surface area contributed by atoms with Crippen LogP contribution in [0, 0.1) is 0 Å². The average Bonchev–Trinajstić information content (AvgIpc) is 0.722. The Hall–Kier alpha value is 2.86. The fourth-order valence-electron chi connectivity index (χ4n) is 0. The monoisotopic (exact) mass is 197 g/mol. The van der Waals surface area contributed by atoms with Gasteiger partial charge in [-0.1, -0.05) is 0 Å². The van der Waals surface area contributed by atoms with Gasteiger partial charge in [0.05, 0.1) is 0 Å². The average molecular weight is 197 g/mol. The van der Waals surface area contributed by atoms with Crippen LogP contribution in [0.3, 0.4) is 0 Å². The zero-order valence-corrected chi connectivity index (χ0v) is 9.56. The number of hydrogen-bond acceptors (Lipinski definition) is 4. The Kier molecular flexibility index (Phi) is 27.7. The molecule has 0 saturated carbocycles. The van der Waals surface area contributed by atoms with Gasteiger partial charge in [0.25, 0.3) is 0 Å². The molecule has 0 aromatic rings. The van der Waals surface area contributed by atoms with Crippen LogP contribution in [0.2, 0.25) is 0 Å². The van der Waals surface area contributed by atoms with Gasteiger partial charge in [-0.2, -0.15) is 7.82 Å². The molecular formula is FeKLiO4P+. The summed E-state index contributed by atoms with van der Waals surface area (Å²) in [6.45, 7) is 0. The van der Waals surface area contributed by atoms with E-state index in [0.717, 1.165) is 0 Å². The van der Waals surface area contributed by atoms with Gasteiger partial charge in [-0.3, -0.25) is 0 Å². The second kappa shape index (κ2) is 9.86. The van der Waals surface area contributed by atoms with Crippen molar-refractivity contribution in [1.82, 2.24) is 0 Å². The van der Waals surface area contributed by atoms with Gasteiger partial charge in [0.15, 0.2) is 0 Å². The molecule has 0 heterocycles. The summed E-state index contributed by atoms with van der Waals surface area (Å²) in [5, 5.41) is 0. The molecule has 0 fully saturated rings. The van der Waals surface area contributed by atoms with Crippen molar-refractivity contribution < 1.29 is 107 Å². The zero-order valence-electron chi connectivity index (χ0n) is 4.43. The van der Waals surface area contributed by atoms with Crippen molar-refractivity contribution in [2.45, 2.75) is 0 Å². The van der Waals surface area contributed by atoms with Gasteiger partial charge in [0.2, 0.25) is 0 Å². The fourth-order valence-corrected chi connectivity index (χ4v) is 0. The van der Waals surface area contributed by atoms with E-state index in [1.807, 2.05) is 0 Å². The van der Waals surface area contributed by atoms with Crippen LogP contribution in [0.1, 0.15) is 0 Å². The third-order valence-corrected chi connectivity index (χ3v) is 0. The SMILES string of the molecule is O=P([O-])([O-])[O-].[Fe+2].[K+].[Li+]. The molecule has 38 valence electrons. The summed E-state index contributed by atoms with van der Waals surface area (Å²) in [6, 6.07) is 0. The largest absolute Gasteiger partial charge is 2.00 e. The Balaban J connectivity index is -0.0000000267. The van der Waals surface area contributed by atoms with Gasteiger partial charge >= 0.3 is 87.3 Å². The number of phosphoric acid groups is 1. The molecule has 4 nitrogen and oxygen atoms in total. The smallest absolute Gasteiger partial charge is 0.822 e. The molecule has 0 aliphatic rings. The van der Waals surface area contributed by atoms with Crippen LogP contribution in [-0.4, -0.2) is 0 Å². The Morgan fingerprint density at radius 2 is 1.12 bits per heavy atom. The minimum Gasteiger partial charge on any atom is -0.822 e. The van der Waals surface area contributed by atoms with E-state index in [1.54, 1.807) is 0 Å². The van der Waals surface area contributed by atoms with Crippen molar-refractivity contribution in [1.29, 1.82) is 0 Å². The summed E-state index contributed by atoms with van der Waals surface area (Å²) in [5.74, 6) is 0. The summed E-state index contributed by atoms with van der Waals surface area (Å²) in [4.78, 5) is 25.6. The topological polar surface area (TPSA) is 86.2 Å². The number of rotatable bonds is 0. The van der Waals surface area contributed by atoms with Gasteiger partial charge in [-0.05, 0) is 0 Å². The Morgan fingerprint density at radius 3 is 1.12 bits per heavy atom. The predicted molar refractivity (Wildman–Crippen MR) is 7.61 cm³/mol. The first-order valence-corrected chi connectivity index (χ1v) is 2.19. The molecule has 8 heavy (non-hydrogen) atoms. The van der Waals surface area contributed by atoms with E-state index in [1.165, 1.54) is 0 Å². The molecule has 0 unspecified atom stereocenters. The van der Waals surface area contributed by atoms with Crippen molar-refractivity contribution in [3.05, 3.63) is 0 Å². The summed E-state index contributed by atoms with van der Waals surface area (Å²) in [6.07, 6.45) is 0. The molecular weight excluding hydrogens is 197 g/mol. The van der Waals surface area contributed by atoms with Gasteiger partial charge in [-0.25, -0.2) is 0 Å². The van der Waals surface area contributed by atoms with E-state index < -0.39 is 7.82 Å². The molecule has 0 rings (SSSR count). The van der Waals surface area contributed by atoms with Crippen LogP contribution in [0.25, 0.3) is 0 Å². The van der Waals surface area contributed by atoms with Crippen LogP contribution >= 0.6 is 7.82 Å². The first kappa shape index (κ1) is 22.4. The van der Waals surface area contributed by atoms with E-state index in [9.17, 15) is 0 Å². The molecule has 0 aliphatic heterocycles. The van der Waals surface area contributed by atoms with Gasteiger partial charge in [0.1, 0.15) is 0 Å². The maximum atomic E-state index is 8.55. The molecule has 0 spiro atoms. The van der Waals surface area contributed by atoms with Crippen molar-refractivity contribution in [2.75, 3.05) is 0 Å². The molecule has 8 heteroatoms. The molecule has 0 N–H and O–H groups in total. The van der Waals surface area contributed by atoms with Crippen LogP contribution in [0.15, 0.2) is 0 Å². The number of hydrogen-bond donors (Lipinski definition) is 0. The van der Waals surface area contributed by atoms with Crippen molar-refractivity contribution in [3.63, 3.8) is 0 Å². The molecule has 0 atom stereocenters. The molecule has 0 aromatic heterocycles. The van der Waals surface area contributed by atoms with E-state index in [0.29, 0.717) is 0 Å². The maximum absolute atomic E-state index is 8.55. The Labute approximate surface area is 112 Å². The van der Waals surface area contributed by atoms with Crippen molar-refractivity contribution in [2.24, 2.45) is 0 Å². The maximum Gasteiger partial charge on any atom is 2.00 e. The predicted octanol–water partition coefficient (Wildman–Crippen LogP) is -8.82. The Bertz CT molecular complexity index is 62.2.